The van der Waals surface area contributed by atoms with Crippen LogP contribution in [0.3, 0.4) is 0 Å². The molecule has 1 heterocycles. The summed E-state index contributed by atoms with van der Waals surface area (Å²) < 4.78 is 0. The normalized spacial score (nSPS) is 15.3. The molecule has 19 heavy (non-hydrogen) atoms. The smallest absolute Gasteiger partial charge is 0.292 e. The van der Waals surface area contributed by atoms with Gasteiger partial charge in [-0.1, -0.05) is 6.07 Å². The van der Waals surface area contributed by atoms with Crippen molar-refractivity contribution in [3.05, 3.63) is 33.9 Å². The first-order valence-electron chi connectivity index (χ1n) is 6.38. The first-order valence-corrected chi connectivity index (χ1v) is 6.38. The number of primary amides is 1. The number of carbonyl (C=O) groups is 1. The molecule has 0 saturated carbocycles. The van der Waals surface area contributed by atoms with Crippen molar-refractivity contribution in [2.24, 2.45) is 5.73 Å². The van der Waals surface area contributed by atoms with E-state index in [1.165, 1.54) is 12.5 Å². The second kappa shape index (κ2) is 5.69. The van der Waals surface area contributed by atoms with Crippen LogP contribution in [0.5, 0.6) is 0 Å². The Morgan fingerprint density at radius 1 is 1.32 bits per heavy atom. The predicted octanol–water partition coefficient (Wildman–Crippen LogP) is 1.61. The minimum atomic E-state index is -0.486. The molecule has 0 bridgehead atoms. The van der Waals surface area contributed by atoms with Crippen molar-refractivity contribution < 1.29 is 9.72 Å². The average Bonchev–Trinajstić information content (AvgIpc) is 2.39. The molecule has 102 valence electrons. The van der Waals surface area contributed by atoms with E-state index in [9.17, 15) is 14.9 Å². The van der Waals surface area contributed by atoms with Crippen LogP contribution in [-0.4, -0.2) is 23.9 Å². The molecule has 1 aromatic carbocycles. The number of nitrogens with zero attached hydrogens (tertiary/aromatic N) is 2. The second-order valence-electron chi connectivity index (χ2n) is 4.77. The highest BCUT2D eigenvalue weighted by atomic mass is 16.6. The number of anilines is 1. The van der Waals surface area contributed by atoms with Gasteiger partial charge >= 0.3 is 0 Å². The number of rotatable bonds is 4. The Labute approximate surface area is 111 Å². The predicted molar refractivity (Wildman–Crippen MR) is 72.1 cm³/mol. The molecule has 6 nitrogen and oxygen atoms in total. The zero-order valence-corrected chi connectivity index (χ0v) is 10.7. The van der Waals surface area contributed by atoms with Crippen LogP contribution in [0.2, 0.25) is 0 Å². The van der Waals surface area contributed by atoms with Gasteiger partial charge in [0.25, 0.3) is 5.69 Å². The minimum Gasteiger partial charge on any atom is -0.369 e. The highest BCUT2D eigenvalue weighted by Gasteiger charge is 2.21. The number of amides is 1. The summed E-state index contributed by atoms with van der Waals surface area (Å²) in [5, 5.41) is 11.2. The average molecular weight is 263 g/mol. The molecular formula is C13H17N3O3. The lowest BCUT2D eigenvalue weighted by atomic mass is 10.1. The topological polar surface area (TPSA) is 89.5 Å². The van der Waals surface area contributed by atoms with Gasteiger partial charge in [-0.15, -0.1) is 0 Å². The van der Waals surface area contributed by atoms with Crippen LogP contribution >= 0.6 is 0 Å². The van der Waals surface area contributed by atoms with Crippen LogP contribution in [0.1, 0.15) is 24.8 Å². The molecule has 0 aromatic heterocycles. The van der Waals surface area contributed by atoms with E-state index in [0.717, 1.165) is 25.9 Å². The minimum absolute atomic E-state index is 0.0289. The quantitative estimate of drug-likeness (QED) is 0.660. The lowest BCUT2D eigenvalue weighted by Crippen LogP contribution is -2.30. The summed E-state index contributed by atoms with van der Waals surface area (Å²) in [7, 11) is 0. The number of nitrogens with two attached hydrogens (primary N) is 1. The van der Waals surface area contributed by atoms with Gasteiger partial charge in [0.05, 0.1) is 11.3 Å². The maximum atomic E-state index is 11.2. The van der Waals surface area contributed by atoms with Crippen LogP contribution < -0.4 is 10.6 Å². The molecule has 1 saturated heterocycles. The SMILES string of the molecule is NC(=O)Cc1ccc(N2CCCCC2)c([N+](=O)[O-])c1. The largest absolute Gasteiger partial charge is 0.369 e. The number of nitro benzene ring substituents is 1. The van der Waals surface area contributed by atoms with Crippen molar-refractivity contribution in [2.45, 2.75) is 25.7 Å². The lowest BCUT2D eigenvalue weighted by Gasteiger charge is -2.28. The van der Waals surface area contributed by atoms with Gasteiger partial charge in [0.2, 0.25) is 5.91 Å². The molecule has 1 fully saturated rings. The van der Waals surface area contributed by atoms with Gasteiger partial charge in [-0.2, -0.15) is 0 Å². The number of nitro groups is 1. The van der Waals surface area contributed by atoms with E-state index in [-0.39, 0.29) is 12.1 Å². The Hall–Kier alpha value is -2.11. The van der Waals surface area contributed by atoms with E-state index in [1.807, 2.05) is 4.90 Å². The van der Waals surface area contributed by atoms with E-state index in [4.69, 9.17) is 5.73 Å². The van der Waals surface area contributed by atoms with E-state index in [0.29, 0.717) is 11.3 Å². The summed E-state index contributed by atoms with van der Waals surface area (Å²) >= 11 is 0. The molecule has 0 radical (unpaired) electrons. The van der Waals surface area contributed by atoms with E-state index in [1.54, 1.807) is 12.1 Å². The fraction of sp³-hybridized carbons (Fsp3) is 0.462. The third kappa shape index (κ3) is 3.21. The van der Waals surface area contributed by atoms with Crippen LogP contribution in [-0.2, 0) is 11.2 Å². The van der Waals surface area contributed by atoms with Crippen LogP contribution in [0, 0.1) is 10.1 Å². The molecule has 2 rings (SSSR count). The number of hydrogen-bond donors (Lipinski definition) is 1. The van der Waals surface area contributed by atoms with Gasteiger partial charge < -0.3 is 10.6 Å². The Kier molecular flexibility index (Phi) is 3.99. The third-order valence-electron chi connectivity index (χ3n) is 3.31. The molecule has 0 spiro atoms. The maximum absolute atomic E-state index is 11.2. The summed E-state index contributed by atoms with van der Waals surface area (Å²) in [5.41, 5.74) is 6.39. The van der Waals surface area contributed by atoms with Crippen molar-refractivity contribution in [1.82, 2.24) is 0 Å². The molecule has 6 heteroatoms. The monoisotopic (exact) mass is 263 g/mol. The van der Waals surface area contributed by atoms with Crippen molar-refractivity contribution >= 4 is 17.3 Å². The molecule has 1 aromatic rings. The van der Waals surface area contributed by atoms with Gasteiger partial charge in [-0.05, 0) is 30.9 Å². The first-order chi connectivity index (χ1) is 9.08. The molecular weight excluding hydrogens is 246 g/mol. The van der Waals surface area contributed by atoms with E-state index < -0.39 is 10.8 Å². The Balaban J connectivity index is 2.31. The van der Waals surface area contributed by atoms with Gasteiger partial charge in [-0.3, -0.25) is 14.9 Å². The highest BCUT2D eigenvalue weighted by molar-refractivity contribution is 5.77. The third-order valence-corrected chi connectivity index (χ3v) is 3.31. The summed E-state index contributed by atoms with van der Waals surface area (Å²) in [5.74, 6) is -0.486. The summed E-state index contributed by atoms with van der Waals surface area (Å²) in [6, 6.07) is 4.91. The summed E-state index contributed by atoms with van der Waals surface area (Å²) in [6.45, 7) is 1.69. The molecule has 1 amide bonds. The zero-order chi connectivity index (χ0) is 13.8. The van der Waals surface area contributed by atoms with E-state index >= 15 is 0 Å². The second-order valence-corrected chi connectivity index (χ2v) is 4.77. The molecule has 0 atom stereocenters. The standard InChI is InChI=1S/C13H17N3O3/c14-13(17)9-10-4-5-11(12(8-10)16(18)19)15-6-2-1-3-7-15/h4-5,8H,1-3,6-7,9H2,(H2,14,17). The van der Waals surface area contributed by atoms with Crippen LogP contribution in [0.15, 0.2) is 18.2 Å². The van der Waals surface area contributed by atoms with Crippen LogP contribution in [0.25, 0.3) is 0 Å². The first kappa shape index (κ1) is 13.3. The molecule has 0 unspecified atom stereocenters. The molecule has 1 aliphatic rings. The van der Waals surface area contributed by atoms with Gasteiger partial charge in [0.1, 0.15) is 5.69 Å². The Bertz CT molecular complexity index is 496. The Morgan fingerprint density at radius 2 is 2.00 bits per heavy atom. The number of carbonyl (C=O) groups excluding carboxylic acids is 1. The highest BCUT2D eigenvalue weighted by Crippen LogP contribution is 2.31. The number of benzene rings is 1. The molecule has 2 N–H and O–H groups in total. The van der Waals surface area contributed by atoms with Crippen molar-refractivity contribution in [1.29, 1.82) is 0 Å². The Morgan fingerprint density at radius 3 is 2.58 bits per heavy atom. The zero-order valence-electron chi connectivity index (χ0n) is 10.7. The summed E-state index contributed by atoms with van der Waals surface area (Å²) in [4.78, 5) is 23.7. The molecule has 1 aliphatic heterocycles. The van der Waals surface area contributed by atoms with Crippen molar-refractivity contribution in [3.63, 3.8) is 0 Å². The van der Waals surface area contributed by atoms with Gasteiger partial charge in [-0.25, -0.2) is 0 Å². The fourth-order valence-corrected chi connectivity index (χ4v) is 2.43. The van der Waals surface area contributed by atoms with Crippen LogP contribution in [0.4, 0.5) is 11.4 Å². The van der Waals surface area contributed by atoms with E-state index in [2.05, 4.69) is 0 Å². The van der Waals surface area contributed by atoms with Gasteiger partial charge in [0.15, 0.2) is 0 Å². The van der Waals surface area contributed by atoms with Crippen molar-refractivity contribution in [3.8, 4) is 0 Å². The lowest BCUT2D eigenvalue weighted by molar-refractivity contribution is -0.384. The van der Waals surface area contributed by atoms with Crippen molar-refractivity contribution in [2.75, 3.05) is 18.0 Å². The molecule has 0 aliphatic carbocycles. The number of hydrogen-bond acceptors (Lipinski definition) is 4. The maximum Gasteiger partial charge on any atom is 0.292 e. The fourth-order valence-electron chi connectivity index (χ4n) is 2.43. The summed E-state index contributed by atoms with van der Waals surface area (Å²) in [6.07, 6.45) is 3.31. The number of piperidine rings is 1. The van der Waals surface area contributed by atoms with Gasteiger partial charge in [0, 0.05) is 19.2 Å².